The summed E-state index contributed by atoms with van der Waals surface area (Å²) in [4.78, 5) is 17.0. The fourth-order valence-electron chi connectivity index (χ4n) is 4.82. The maximum absolute atomic E-state index is 14.0. The van der Waals surface area contributed by atoms with Gasteiger partial charge in [-0.1, -0.05) is 75.2 Å². The first-order chi connectivity index (χ1) is 17.8. The van der Waals surface area contributed by atoms with Crippen LogP contribution in [0.25, 0.3) is 0 Å². The summed E-state index contributed by atoms with van der Waals surface area (Å²) in [6.07, 6.45) is 1.28. The second kappa shape index (κ2) is 11.3. The molecule has 0 unspecified atom stereocenters. The van der Waals surface area contributed by atoms with Gasteiger partial charge in [-0.2, -0.15) is 4.31 Å². The van der Waals surface area contributed by atoms with Crippen molar-refractivity contribution in [1.29, 1.82) is 0 Å². The highest BCUT2D eigenvalue weighted by molar-refractivity contribution is 7.89. The number of halogens is 2. The lowest BCUT2D eigenvalue weighted by Crippen LogP contribution is -2.49. The summed E-state index contributed by atoms with van der Waals surface area (Å²) in [5, 5.41) is 2.41. The van der Waals surface area contributed by atoms with Crippen molar-refractivity contribution in [2.75, 3.05) is 13.1 Å². The summed E-state index contributed by atoms with van der Waals surface area (Å²) in [5.41, 5.74) is 3.35. The van der Waals surface area contributed by atoms with Crippen LogP contribution >= 0.6 is 34.5 Å². The molecule has 204 valence electrons. The third-order valence-electron chi connectivity index (χ3n) is 7.23. The zero-order valence-electron chi connectivity index (χ0n) is 22.4. The van der Waals surface area contributed by atoms with E-state index in [4.69, 9.17) is 23.2 Å². The van der Waals surface area contributed by atoms with Crippen LogP contribution < -0.4 is 0 Å². The number of fused-ring (bicyclic) bond motifs is 1. The third kappa shape index (κ3) is 5.82. The molecule has 1 aliphatic heterocycles. The number of nitrogens with zero attached hydrogens (tertiary/aromatic N) is 2. The van der Waals surface area contributed by atoms with Gasteiger partial charge in [0, 0.05) is 22.5 Å². The minimum atomic E-state index is -4.08. The lowest BCUT2D eigenvalue weighted by atomic mass is 9.85. The second-order valence-electron chi connectivity index (χ2n) is 10.8. The highest BCUT2D eigenvalue weighted by Crippen LogP contribution is 2.39. The van der Waals surface area contributed by atoms with Gasteiger partial charge in [-0.05, 0) is 71.5 Å². The molecular weight excluding hydrogens is 559 g/mol. The van der Waals surface area contributed by atoms with Crippen LogP contribution in [0.5, 0.6) is 0 Å². The molecule has 1 aliphatic rings. The summed E-state index contributed by atoms with van der Waals surface area (Å²) >= 11 is 14.1. The first-order valence-electron chi connectivity index (χ1n) is 12.8. The molecule has 0 saturated heterocycles. The van der Waals surface area contributed by atoms with Crippen molar-refractivity contribution < 1.29 is 13.2 Å². The first kappa shape index (κ1) is 29.1. The molecule has 2 heterocycles. The predicted octanol–water partition coefficient (Wildman–Crippen LogP) is 7.32. The van der Waals surface area contributed by atoms with Gasteiger partial charge >= 0.3 is 0 Å². The molecule has 0 bridgehead atoms. The van der Waals surface area contributed by atoms with E-state index in [9.17, 15) is 13.2 Å². The van der Waals surface area contributed by atoms with Gasteiger partial charge in [0.25, 0.3) is 0 Å². The third-order valence-corrected chi connectivity index (χ3v) is 10.9. The van der Waals surface area contributed by atoms with Gasteiger partial charge in [0.05, 0.1) is 17.6 Å². The van der Waals surface area contributed by atoms with Crippen molar-refractivity contribution in [1.82, 2.24) is 9.21 Å². The standard InChI is InChI=1S/C29H34Cl2N2O3S2/c1-6-19(2)33(38(35,36)26-17-22(30)11-12-24(26)31)18-27(34)32-15-13-25-23(14-16-37-25)28(32)20-7-9-21(10-8-20)29(3,4)5/h7-12,14,16-17,19,28H,6,13,15,18H2,1-5H3/t19-,28-/m1/s1. The molecule has 0 aliphatic carbocycles. The maximum Gasteiger partial charge on any atom is 0.245 e. The van der Waals surface area contributed by atoms with Gasteiger partial charge < -0.3 is 4.90 Å². The van der Waals surface area contributed by atoms with Gasteiger partial charge in [0.2, 0.25) is 15.9 Å². The minimum Gasteiger partial charge on any atom is -0.330 e. The van der Waals surface area contributed by atoms with Crippen molar-refractivity contribution in [2.45, 2.75) is 69.9 Å². The molecule has 9 heteroatoms. The van der Waals surface area contributed by atoms with Gasteiger partial charge in [-0.25, -0.2) is 8.42 Å². The van der Waals surface area contributed by atoms with Crippen LogP contribution in [0.3, 0.4) is 0 Å². The largest absolute Gasteiger partial charge is 0.330 e. The van der Waals surface area contributed by atoms with Crippen molar-refractivity contribution in [3.8, 4) is 0 Å². The van der Waals surface area contributed by atoms with E-state index in [1.54, 1.807) is 24.3 Å². The summed E-state index contributed by atoms with van der Waals surface area (Å²) in [5.74, 6) is -0.242. The van der Waals surface area contributed by atoms with E-state index in [0.717, 1.165) is 17.5 Å². The van der Waals surface area contributed by atoms with Crippen molar-refractivity contribution >= 4 is 50.5 Å². The van der Waals surface area contributed by atoms with E-state index in [1.807, 2.05) is 11.8 Å². The molecule has 2 atom stereocenters. The number of amides is 1. The quantitative estimate of drug-likeness (QED) is 0.289. The summed E-state index contributed by atoms with van der Waals surface area (Å²) in [6.45, 7) is 10.5. The lowest BCUT2D eigenvalue weighted by Gasteiger charge is -2.38. The average molecular weight is 594 g/mol. The normalized spacial score (nSPS) is 16.9. The Labute approximate surface area is 240 Å². The monoisotopic (exact) mass is 592 g/mol. The highest BCUT2D eigenvalue weighted by Gasteiger charge is 2.37. The Balaban J connectivity index is 1.71. The number of rotatable bonds is 7. The molecular formula is C29H34Cl2N2O3S2. The van der Waals surface area contributed by atoms with Crippen molar-refractivity contribution in [3.05, 3.63) is 85.5 Å². The summed E-state index contributed by atoms with van der Waals surface area (Å²) in [6, 6.07) is 14.2. The molecule has 38 heavy (non-hydrogen) atoms. The Morgan fingerprint density at radius 1 is 1.13 bits per heavy atom. The molecule has 1 aromatic heterocycles. The van der Waals surface area contributed by atoms with Crippen LogP contribution in [-0.4, -0.2) is 42.7 Å². The van der Waals surface area contributed by atoms with Gasteiger partial charge in [-0.15, -0.1) is 11.3 Å². The SMILES string of the molecule is CC[C@@H](C)N(CC(=O)N1CCc2sccc2[C@H]1c1ccc(C(C)(C)C)cc1)S(=O)(=O)c1cc(Cl)ccc1Cl. The molecule has 0 fully saturated rings. The zero-order chi connectivity index (χ0) is 27.8. The maximum atomic E-state index is 14.0. The first-order valence-corrected chi connectivity index (χ1v) is 15.8. The molecule has 1 amide bonds. The Kier molecular flexibility index (Phi) is 8.65. The molecule has 0 saturated carbocycles. The van der Waals surface area contributed by atoms with Crippen LogP contribution in [0, 0.1) is 0 Å². The molecule has 0 N–H and O–H groups in total. The number of carbonyl (C=O) groups is 1. The lowest BCUT2D eigenvalue weighted by molar-refractivity contribution is -0.133. The fourth-order valence-corrected chi connectivity index (χ4v) is 8.11. The molecule has 0 radical (unpaired) electrons. The number of benzene rings is 2. The Morgan fingerprint density at radius 3 is 2.45 bits per heavy atom. The summed E-state index contributed by atoms with van der Waals surface area (Å²) < 4.78 is 28.8. The van der Waals surface area contributed by atoms with Gasteiger partial charge in [0.1, 0.15) is 4.90 Å². The van der Waals surface area contributed by atoms with E-state index < -0.39 is 16.1 Å². The van der Waals surface area contributed by atoms with Crippen LogP contribution in [0.15, 0.2) is 58.8 Å². The molecule has 3 aromatic rings. The number of thiophene rings is 1. The topological polar surface area (TPSA) is 57.7 Å². The molecule has 0 spiro atoms. The smallest absolute Gasteiger partial charge is 0.245 e. The van der Waals surface area contributed by atoms with E-state index in [0.29, 0.717) is 13.0 Å². The van der Waals surface area contributed by atoms with Crippen molar-refractivity contribution in [3.63, 3.8) is 0 Å². The number of hydrogen-bond acceptors (Lipinski definition) is 4. The van der Waals surface area contributed by atoms with Gasteiger partial charge in [-0.3, -0.25) is 4.79 Å². The highest BCUT2D eigenvalue weighted by atomic mass is 35.5. The Bertz CT molecular complexity index is 1410. The zero-order valence-corrected chi connectivity index (χ0v) is 25.5. The molecule has 4 rings (SSSR count). The molecule has 2 aromatic carbocycles. The van der Waals surface area contributed by atoms with E-state index >= 15 is 0 Å². The van der Waals surface area contributed by atoms with Gasteiger partial charge in [0.15, 0.2) is 0 Å². The predicted molar refractivity (Wildman–Crippen MR) is 157 cm³/mol. The Morgan fingerprint density at radius 2 is 1.82 bits per heavy atom. The van der Waals surface area contributed by atoms with Crippen molar-refractivity contribution in [2.24, 2.45) is 0 Å². The van der Waals surface area contributed by atoms with E-state index in [1.165, 1.54) is 26.9 Å². The fraction of sp³-hybridized carbons (Fsp3) is 0.414. The van der Waals surface area contributed by atoms with Crippen LogP contribution in [-0.2, 0) is 26.7 Å². The van der Waals surface area contributed by atoms with Crippen LogP contribution in [0.1, 0.15) is 68.6 Å². The number of carbonyl (C=O) groups excluding carboxylic acids is 1. The second-order valence-corrected chi connectivity index (χ2v) is 14.5. The summed E-state index contributed by atoms with van der Waals surface area (Å²) in [7, 11) is -4.08. The van der Waals surface area contributed by atoms with E-state index in [2.05, 4.69) is 56.5 Å². The van der Waals surface area contributed by atoms with E-state index in [-0.39, 0.29) is 38.8 Å². The number of hydrogen-bond donors (Lipinski definition) is 0. The molecule has 5 nitrogen and oxygen atoms in total. The van der Waals surface area contributed by atoms with Crippen LogP contribution in [0.2, 0.25) is 10.0 Å². The minimum absolute atomic E-state index is 0.0148. The Hall–Kier alpha value is -1.90. The van der Waals surface area contributed by atoms with Crippen LogP contribution in [0.4, 0.5) is 0 Å². The number of sulfonamides is 1. The average Bonchev–Trinajstić information content (AvgIpc) is 3.36.